The number of aromatic nitrogens is 4. The van der Waals surface area contributed by atoms with Crippen LogP contribution in [0.15, 0.2) is 30.5 Å². The van der Waals surface area contributed by atoms with Gasteiger partial charge in [-0.3, -0.25) is 5.10 Å². The highest BCUT2D eigenvalue weighted by molar-refractivity contribution is 5.90. The Labute approximate surface area is 121 Å². The van der Waals surface area contributed by atoms with Crippen LogP contribution in [-0.4, -0.2) is 33.3 Å². The molecule has 106 valence electrons. The Hall–Kier alpha value is -2.63. The quantitative estimate of drug-likeness (QED) is 0.768. The molecular formula is C15H15N5O. The van der Waals surface area contributed by atoms with Crippen LogP contribution in [0.4, 0.5) is 5.95 Å². The molecular weight excluding hydrogens is 266 g/mol. The highest BCUT2D eigenvalue weighted by Gasteiger charge is 2.23. The number of rotatable bonds is 4. The van der Waals surface area contributed by atoms with E-state index in [-0.39, 0.29) is 0 Å². The molecule has 6 heteroatoms. The van der Waals surface area contributed by atoms with E-state index in [0.29, 0.717) is 12.1 Å². The molecule has 21 heavy (non-hydrogen) atoms. The summed E-state index contributed by atoms with van der Waals surface area (Å²) in [6, 6.07) is 8.01. The minimum absolute atomic E-state index is 0.409. The Kier molecular flexibility index (Phi) is 2.73. The van der Waals surface area contributed by atoms with E-state index >= 15 is 0 Å². The molecule has 2 N–H and O–H groups in total. The second-order valence-electron chi connectivity index (χ2n) is 5.12. The minimum atomic E-state index is 0.409. The van der Waals surface area contributed by atoms with Crippen molar-refractivity contribution in [1.29, 1.82) is 0 Å². The Morgan fingerprint density at radius 2 is 2.00 bits per heavy atom. The maximum atomic E-state index is 5.77. The number of hydrogen-bond acceptors (Lipinski definition) is 5. The topological polar surface area (TPSA) is 75.7 Å². The molecule has 0 radical (unpaired) electrons. The standard InChI is InChI=1S/C15H15N5O/c1-16-15-18-13(12-8-17-20-14(12)19-15)9-2-4-10(5-3-9)21-11-6-7-11/h2-5,8,11H,6-7H2,1H3,(H2,16,17,18,19,20). The number of ether oxygens (including phenoxy) is 1. The SMILES string of the molecule is CNc1nc(-c2ccc(OC3CC3)cc2)c2cn[nH]c2n1. The lowest BCUT2D eigenvalue weighted by molar-refractivity contribution is 0.303. The smallest absolute Gasteiger partial charge is 0.225 e. The highest BCUT2D eigenvalue weighted by Crippen LogP contribution is 2.30. The largest absolute Gasteiger partial charge is 0.490 e. The molecule has 1 aliphatic carbocycles. The van der Waals surface area contributed by atoms with Gasteiger partial charge in [-0.2, -0.15) is 10.1 Å². The van der Waals surface area contributed by atoms with Crippen molar-refractivity contribution < 1.29 is 4.74 Å². The van der Waals surface area contributed by atoms with E-state index in [0.717, 1.165) is 40.9 Å². The molecule has 1 fully saturated rings. The summed E-state index contributed by atoms with van der Waals surface area (Å²) in [5.74, 6) is 1.48. The van der Waals surface area contributed by atoms with E-state index in [1.165, 1.54) is 0 Å². The number of fused-ring (bicyclic) bond motifs is 1. The molecule has 0 spiro atoms. The Morgan fingerprint density at radius 1 is 1.19 bits per heavy atom. The molecule has 0 amide bonds. The third kappa shape index (κ3) is 2.29. The van der Waals surface area contributed by atoms with E-state index in [4.69, 9.17) is 4.74 Å². The second kappa shape index (κ2) is 4.73. The van der Waals surface area contributed by atoms with Gasteiger partial charge in [0.05, 0.1) is 23.4 Å². The normalized spacial score (nSPS) is 14.3. The van der Waals surface area contributed by atoms with Crippen LogP contribution in [0.2, 0.25) is 0 Å². The average Bonchev–Trinajstić information content (AvgIpc) is 3.21. The molecule has 0 atom stereocenters. The van der Waals surface area contributed by atoms with Crippen molar-refractivity contribution in [3.05, 3.63) is 30.5 Å². The molecule has 0 bridgehead atoms. The maximum Gasteiger partial charge on any atom is 0.225 e. The van der Waals surface area contributed by atoms with Gasteiger partial charge in [-0.15, -0.1) is 0 Å². The fraction of sp³-hybridized carbons (Fsp3) is 0.267. The number of nitrogens with zero attached hydrogens (tertiary/aromatic N) is 3. The number of benzene rings is 1. The Balaban J connectivity index is 1.75. The van der Waals surface area contributed by atoms with Crippen LogP contribution < -0.4 is 10.1 Å². The van der Waals surface area contributed by atoms with Gasteiger partial charge in [-0.1, -0.05) is 0 Å². The first kappa shape index (κ1) is 12.1. The molecule has 1 aliphatic rings. The van der Waals surface area contributed by atoms with Crippen LogP contribution in [0.25, 0.3) is 22.3 Å². The molecule has 2 aromatic heterocycles. The van der Waals surface area contributed by atoms with Gasteiger partial charge in [0.15, 0.2) is 5.65 Å². The van der Waals surface area contributed by atoms with Gasteiger partial charge < -0.3 is 10.1 Å². The van der Waals surface area contributed by atoms with Crippen molar-refractivity contribution in [1.82, 2.24) is 20.2 Å². The molecule has 0 saturated heterocycles. The fourth-order valence-electron chi connectivity index (χ4n) is 2.24. The molecule has 6 nitrogen and oxygen atoms in total. The van der Waals surface area contributed by atoms with Crippen LogP contribution in [0.3, 0.4) is 0 Å². The summed E-state index contributed by atoms with van der Waals surface area (Å²) in [7, 11) is 1.80. The van der Waals surface area contributed by atoms with E-state index in [1.54, 1.807) is 13.2 Å². The first-order valence-corrected chi connectivity index (χ1v) is 6.99. The minimum Gasteiger partial charge on any atom is -0.490 e. The van der Waals surface area contributed by atoms with Crippen LogP contribution in [0.1, 0.15) is 12.8 Å². The van der Waals surface area contributed by atoms with Crippen molar-refractivity contribution in [3.8, 4) is 17.0 Å². The summed E-state index contributed by atoms with van der Waals surface area (Å²) in [6.45, 7) is 0. The number of hydrogen-bond donors (Lipinski definition) is 2. The van der Waals surface area contributed by atoms with E-state index < -0.39 is 0 Å². The summed E-state index contributed by atoms with van der Waals surface area (Å²) < 4.78 is 5.77. The monoisotopic (exact) mass is 281 g/mol. The Morgan fingerprint density at radius 3 is 2.71 bits per heavy atom. The van der Waals surface area contributed by atoms with Gasteiger partial charge in [0.25, 0.3) is 0 Å². The number of aromatic amines is 1. The van der Waals surface area contributed by atoms with Crippen LogP contribution in [0.5, 0.6) is 5.75 Å². The first-order valence-electron chi connectivity index (χ1n) is 6.99. The summed E-state index contributed by atoms with van der Waals surface area (Å²) >= 11 is 0. The predicted molar refractivity (Wildman–Crippen MR) is 80.3 cm³/mol. The summed E-state index contributed by atoms with van der Waals surface area (Å²) in [6.07, 6.45) is 4.48. The van der Waals surface area contributed by atoms with Crippen molar-refractivity contribution in [2.45, 2.75) is 18.9 Å². The fourth-order valence-corrected chi connectivity index (χ4v) is 2.24. The van der Waals surface area contributed by atoms with Gasteiger partial charge >= 0.3 is 0 Å². The lowest BCUT2D eigenvalue weighted by atomic mass is 10.1. The summed E-state index contributed by atoms with van der Waals surface area (Å²) in [5.41, 5.74) is 2.60. The van der Waals surface area contributed by atoms with Gasteiger partial charge in [-0.25, -0.2) is 4.98 Å². The molecule has 4 rings (SSSR count). The molecule has 0 unspecified atom stereocenters. The Bertz CT molecular complexity index is 776. The summed E-state index contributed by atoms with van der Waals surface area (Å²) in [4.78, 5) is 8.88. The van der Waals surface area contributed by atoms with Gasteiger partial charge in [-0.05, 0) is 37.1 Å². The van der Waals surface area contributed by atoms with Crippen LogP contribution in [0, 0.1) is 0 Å². The highest BCUT2D eigenvalue weighted by atomic mass is 16.5. The lowest BCUT2D eigenvalue weighted by Crippen LogP contribution is -1.99. The van der Waals surface area contributed by atoms with E-state index in [1.807, 2.05) is 24.3 Å². The van der Waals surface area contributed by atoms with E-state index in [2.05, 4.69) is 25.5 Å². The maximum absolute atomic E-state index is 5.77. The molecule has 2 heterocycles. The van der Waals surface area contributed by atoms with Crippen molar-refractivity contribution >= 4 is 17.0 Å². The first-order chi connectivity index (χ1) is 10.3. The van der Waals surface area contributed by atoms with Gasteiger partial charge in [0, 0.05) is 12.6 Å². The average molecular weight is 281 g/mol. The number of H-pyrrole nitrogens is 1. The van der Waals surface area contributed by atoms with Crippen molar-refractivity contribution in [3.63, 3.8) is 0 Å². The van der Waals surface area contributed by atoms with Gasteiger partial charge in [0.1, 0.15) is 5.75 Å². The zero-order valence-corrected chi connectivity index (χ0v) is 11.6. The summed E-state index contributed by atoms with van der Waals surface area (Å²) in [5, 5.41) is 10.8. The molecule has 0 aliphatic heterocycles. The molecule has 3 aromatic rings. The lowest BCUT2D eigenvalue weighted by Gasteiger charge is -2.07. The molecule has 1 aromatic carbocycles. The van der Waals surface area contributed by atoms with Crippen LogP contribution >= 0.6 is 0 Å². The van der Waals surface area contributed by atoms with Crippen molar-refractivity contribution in [2.75, 3.05) is 12.4 Å². The van der Waals surface area contributed by atoms with E-state index in [9.17, 15) is 0 Å². The van der Waals surface area contributed by atoms with Crippen LogP contribution in [-0.2, 0) is 0 Å². The number of nitrogens with one attached hydrogen (secondary N) is 2. The molecule has 1 saturated carbocycles. The number of anilines is 1. The zero-order valence-electron chi connectivity index (χ0n) is 11.6. The van der Waals surface area contributed by atoms with Gasteiger partial charge in [0.2, 0.25) is 5.95 Å². The second-order valence-corrected chi connectivity index (χ2v) is 5.12. The third-order valence-electron chi connectivity index (χ3n) is 3.49. The zero-order chi connectivity index (χ0) is 14.2. The van der Waals surface area contributed by atoms with Crippen molar-refractivity contribution in [2.24, 2.45) is 0 Å². The third-order valence-corrected chi connectivity index (χ3v) is 3.49. The predicted octanol–water partition coefficient (Wildman–Crippen LogP) is 2.60.